The summed E-state index contributed by atoms with van der Waals surface area (Å²) in [6.07, 6.45) is 3.06. The van der Waals surface area contributed by atoms with Gasteiger partial charge in [-0.15, -0.1) is 0 Å². The van der Waals surface area contributed by atoms with Gasteiger partial charge in [-0.2, -0.15) is 0 Å². The van der Waals surface area contributed by atoms with Crippen molar-refractivity contribution >= 4 is 34.6 Å². The molecule has 0 aliphatic carbocycles. The van der Waals surface area contributed by atoms with Crippen molar-refractivity contribution < 1.29 is 0 Å². The first-order chi connectivity index (χ1) is 7.56. The highest BCUT2D eigenvalue weighted by Crippen LogP contribution is 2.21. The van der Waals surface area contributed by atoms with E-state index in [-0.39, 0.29) is 5.92 Å². The van der Waals surface area contributed by atoms with Gasteiger partial charge < -0.3 is 10.6 Å². The number of hydrogen-bond acceptors (Lipinski definition) is 4. The average molecular weight is 259 g/mol. The second kappa shape index (κ2) is 5.96. The summed E-state index contributed by atoms with van der Waals surface area (Å²) < 4.78 is 0. The van der Waals surface area contributed by atoms with E-state index in [0.717, 1.165) is 12.4 Å². The monoisotopic (exact) mass is 258 g/mol. The number of anilines is 1. The highest BCUT2D eigenvalue weighted by Gasteiger charge is 2.14. The highest BCUT2D eigenvalue weighted by molar-refractivity contribution is 7.80. The van der Waals surface area contributed by atoms with E-state index in [9.17, 15) is 0 Å². The van der Waals surface area contributed by atoms with Gasteiger partial charge in [0.1, 0.15) is 11.3 Å². The summed E-state index contributed by atoms with van der Waals surface area (Å²) in [5.74, 6) is 0.850. The van der Waals surface area contributed by atoms with Crippen LogP contribution in [0.3, 0.4) is 0 Å². The summed E-state index contributed by atoms with van der Waals surface area (Å²) >= 11 is 11.0. The van der Waals surface area contributed by atoms with Crippen molar-refractivity contribution in [3.63, 3.8) is 0 Å². The summed E-state index contributed by atoms with van der Waals surface area (Å²) in [6, 6.07) is 0. The normalized spacial score (nSPS) is 12.2. The molecular weight excluding hydrogens is 244 g/mol. The second-order valence-electron chi connectivity index (χ2n) is 3.54. The minimum atomic E-state index is 0.126. The first-order valence-corrected chi connectivity index (χ1v) is 5.84. The molecule has 6 heteroatoms. The minimum Gasteiger partial charge on any atom is -0.393 e. The largest absolute Gasteiger partial charge is 0.393 e. The van der Waals surface area contributed by atoms with Crippen LogP contribution >= 0.6 is 23.8 Å². The average Bonchev–Trinajstić information content (AvgIpc) is 2.26. The van der Waals surface area contributed by atoms with Crippen molar-refractivity contribution in [1.82, 2.24) is 9.97 Å². The Labute approximate surface area is 106 Å². The Morgan fingerprint density at radius 2 is 2.38 bits per heavy atom. The zero-order valence-electron chi connectivity index (χ0n) is 9.35. The van der Waals surface area contributed by atoms with Crippen molar-refractivity contribution in [3.8, 4) is 0 Å². The van der Waals surface area contributed by atoms with Crippen LogP contribution in [0, 0.1) is 5.92 Å². The third-order valence-corrected chi connectivity index (χ3v) is 2.98. The molecule has 0 aromatic carbocycles. The van der Waals surface area contributed by atoms with Crippen LogP contribution < -0.4 is 10.6 Å². The van der Waals surface area contributed by atoms with E-state index >= 15 is 0 Å². The molecule has 0 radical (unpaired) electrons. The predicted molar refractivity (Wildman–Crippen MR) is 70.9 cm³/mol. The number of halogens is 1. The number of nitrogens with two attached hydrogens (primary N) is 1. The van der Waals surface area contributed by atoms with Gasteiger partial charge in [-0.05, 0) is 6.92 Å². The number of nitrogens with zero attached hydrogens (tertiary/aromatic N) is 3. The molecule has 0 saturated heterocycles. The molecule has 0 amide bonds. The molecule has 1 aromatic heterocycles. The Morgan fingerprint density at radius 3 is 2.88 bits per heavy atom. The second-order valence-corrected chi connectivity index (χ2v) is 4.41. The zero-order valence-corrected chi connectivity index (χ0v) is 10.9. The molecular formula is C10H15ClN4S. The van der Waals surface area contributed by atoms with Gasteiger partial charge in [0, 0.05) is 19.0 Å². The lowest BCUT2D eigenvalue weighted by Crippen LogP contribution is -2.34. The van der Waals surface area contributed by atoms with E-state index in [1.165, 1.54) is 6.33 Å². The Hall–Kier alpha value is -0.940. The fraction of sp³-hybridized carbons (Fsp3) is 0.500. The predicted octanol–water partition coefficient (Wildman–Crippen LogP) is 1.88. The third kappa shape index (κ3) is 3.28. The van der Waals surface area contributed by atoms with Crippen LogP contribution in [-0.2, 0) is 0 Å². The molecule has 0 fully saturated rings. The summed E-state index contributed by atoms with van der Waals surface area (Å²) in [5, 5.41) is 0.541. The summed E-state index contributed by atoms with van der Waals surface area (Å²) in [6.45, 7) is 5.52. The summed E-state index contributed by atoms with van der Waals surface area (Å²) in [7, 11) is 0. The Balaban J connectivity index is 2.83. The summed E-state index contributed by atoms with van der Waals surface area (Å²) in [5.41, 5.74) is 5.59. The van der Waals surface area contributed by atoms with Gasteiger partial charge in [-0.3, -0.25) is 0 Å². The molecule has 0 saturated carbocycles. The van der Waals surface area contributed by atoms with Crippen LogP contribution in [0.15, 0.2) is 12.5 Å². The fourth-order valence-electron chi connectivity index (χ4n) is 1.32. The lowest BCUT2D eigenvalue weighted by Gasteiger charge is -2.25. The Kier molecular flexibility index (Phi) is 4.89. The van der Waals surface area contributed by atoms with Crippen molar-refractivity contribution in [2.45, 2.75) is 13.8 Å². The molecule has 1 heterocycles. The first-order valence-electron chi connectivity index (χ1n) is 5.06. The van der Waals surface area contributed by atoms with Crippen LogP contribution in [0.4, 0.5) is 5.82 Å². The van der Waals surface area contributed by atoms with Gasteiger partial charge in [0.15, 0.2) is 5.82 Å². The number of thiocarbonyl (C=S) groups is 1. The Morgan fingerprint density at radius 1 is 1.69 bits per heavy atom. The first kappa shape index (κ1) is 13.1. The molecule has 88 valence electrons. The lowest BCUT2D eigenvalue weighted by atomic mass is 10.1. The van der Waals surface area contributed by atoms with Crippen LogP contribution in [-0.4, -0.2) is 28.0 Å². The van der Waals surface area contributed by atoms with Gasteiger partial charge in [0.2, 0.25) is 0 Å². The number of hydrogen-bond donors (Lipinski definition) is 1. The highest BCUT2D eigenvalue weighted by atomic mass is 35.5. The maximum absolute atomic E-state index is 6.03. The molecule has 4 nitrogen and oxygen atoms in total. The molecule has 1 rings (SSSR count). The van der Waals surface area contributed by atoms with Crippen molar-refractivity contribution in [3.05, 3.63) is 17.5 Å². The Bertz CT molecular complexity index is 372. The van der Waals surface area contributed by atoms with E-state index in [1.807, 2.05) is 18.7 Å². The number of rotatable bonds is 5. The van der Waals surface area contributed by atoms with Gasteiger partial charge in [0.05, 0.1) is 11.2 Å². The smallest absolute Gasteiger partial charge is 0.150 e. The molecule has 0 aliphatic heterocycles. The van der Waals surface area contributed by atoms with E-state index in [2.05, 4.69) is 9.97 Å². The third-order valence-electron chi connectivity index (χ3n) is 2.31. The lowest BCUT2D eigenvalue weighted by molar-refractivity contribution is 0.699. The molecule has 1 unspecified atom stereocenters. The quantitative estimate of drug-likeness (QED) is 0.818. The van der Waals surface area contributed by atoms with E-state index in [1.54, 1.807) is 6.20 Å². The maximum atomic E-state index is 6.03. The molecule has 1 atom stereocenters. The zero-order chi connectivity index (χ0) is 12.1. The van der Waals surface area contributed by atoms with E-state index in [0.29, 0.717) is 16.6 Å². The van der Waals surface area contributed by atoms with E-state index in [4.69, 9.17) is 29.6 Å². The molecule has 0 aliphatic rings. The molecule has 0 spiro atoms. The summed E-state index contributed by atoms with van der Waals surface area (Å²) in [4.78, 5) is 10.6. The van der Waals surface area contributed by atoms with Crippen molar-refractivity contribution in [2.75, 3.05) is 18.0 Å². The molecule has 0 bridgehead atoms. The van der Waals surface area contributed by atoms with Gasteiger partial charge in [-0.25, -0.2) is 9.97 Å². The molecule has 2 N–H and O–H groups in total. The van der Waals surface area contributed by atoms with Gasteiger partial charge in [-0.1, -0.05) is 30.7 Å². The molecule has 1 aromatic rings. The van der Waals surface area contributed by atoms with E-state index < -0.39 is 0 Å². The van der Waals surface area contributed by atoms with Gasteiger partial charge in [0.25, 0.3) is 0 Å². The topological polar surface area (TPSA) is 55.0 Å². The van der Waals surface area contributed by atoms with Crippen LogP contribution in [0.25, 0.3) is 0 Å². The standard InChI is InChI=1S/C10H15ClN4S/c1-3-15(5-7(2)9(12)16)10-8(11)4-13-6-14-10/h4,6-7H,3,5H2,1-2H3,(H2,12,16). The SMILES string of the molecule is CCN(CC(C)C(N)=S)c1ncncc1Cl. The molecule has 16 heavy (non-hydrogen) atoms. The minimum absolute atomic E-state index is 0.126. The number of aromatic nitrogens is 2. The van der Waals surface area contributed by atoms with Crippen LogP contribution in [0.2, 0.25) is 5.02 Å². The van der Waals surface area contributed by atoms with Crippen molar-refractivity contribution in [2.24, 2.45) is 11.7 Å². The van der Waals surface area contributed by atoms with Crippen molar-refractivity contribution in [1.29, 1.82) is 0 Å². The fourth-order valence-corrected chi connectivity index (χ4v) is 1.62. The van der Waals surface area contributed by atoms with Crippen LogP contribution in [0.1, 0.15) is 13.8 Å². The van der Waals surface area contributed by atoms with Gasteiger partial charge >= 0.3 is 0 Å². The van der Waals surface area contributed by atoms with Crippen LogP contribution in [0.5, 0.6) is 0 Å². The maximum Gasteiger partial charge on any atom is 0.150 e.